The predicted octanol–water partition coefficient (Wildman–Crippen LogP) is 3.44. The Labute approximate surface area is 102 Å². The van der Waals surface area contributed by atoms with E-state index in [9.17, 15) is 4.79 Å². The molecule has 3 heteroatoms. The number of aryl methyl sites for hydroxylation is 1. The van der Waals surface area contributed by atoms with Gasteiger partial charge in [-0.15, -0.1) is 0 Å². The van der Waals surface area contributed by atoms with Gasteiger partial charge in [0.1, 0.15) is 0 Å². The molecular weight excluding hydrogens is 214 g/mol. The van der Waals surface area contributed by atoms with E-state index in [1.807, 2.05) is 19.1 Å². The van der Waals surface area contributed by atoms with Crippen LogP contribution in [0.5, 0.6) is 0 Å². The number of anilines is 1. The molecule has 2 N–H and O–H groups in total. The second kappa shape index (κ2) is 4.40. The fourth-order valence-electron chi connectivity index (χ4n) is 2.61. The lowest BCUT2D eigenvalue weighted by Gasteiger charge is -2.27. The SMILES string of the molecule is Cc1cc(NC2(C)CCCC2)ccc1C(=O)O. The lowest BCUT2D eigenvalue weighted by atomic mass is 9.99. The van der Waals surface area contributed by atoms with Crippen LogP contribution in [0.3, 0.4) is 0 Å². The number of carbonyl (C=O) groups is 1. The molecule has 92 valence electrons. The van der Waals surface area contributed by atoms with E-state index in [1.165, 1.54) is 25.7 Å². The number of carboxylic acids is 1. The minimum Gasteiger partial charge on any atom is -0.478 e. The topological polar surface area (TPSA) is 49.3 Å². The molecule has 1 aliphatic carbocycles. The van der Waals surface area contributed by atoms with Crippen molar-refractivity contribution in [2.75, 3.05) is 5.32 Å². The molecule has 0 radical (unpaired) electrons. The summed E-state index contributed by atoms with van der Waals surface area (Å²) in [6, 6.07) is 5.46. The summed E-state index contributed by atoms with van der Waals surface area (Å²) in [6.45, 7) is 4.08. The Kier molecular flexibility index (Phi) is 3.09. The van der Waals surface area contributed by atoms with Crippen molar-refractivity contribution in [1.82, 2.24) is 0 Å². The number of benzene rings is 1. The van der Waals surface area contributed by atoms with Crippen molar-refractivity contribution >= 4 is 11.7 Å². The van der Waals surface area contributed by atoms with E-state index in [2.05, 4.69) is 12.2 Å². The summed E-state index contributed by atoms with van der Waals surface area (Å²) >= 11 is 0. The molecule has 2 rings (SSSR count). The first-order valence-corrected chi connectivity index (χ1v) is 6.12. The highest BCUT2D eigenvalue weighted by molar-refractivity contribution is 5.89. The van der Waals surface area contributed by atoms with Crippen LogP contribution in [0.25, 0.3) is 0 Å². The molecule has 0 amide bonds. The van der Waals surface area contributed by atoms with Crippen molar-refractivity contribution in [1.29, 1.82) is 0 Å². The zero-order chi connectivity index (χ0) is 12.5. The van der Waals surface area contributed by atoms with Crippen LogP contribution in [0, 0.1) is 6.92 Å². The summed E-state index contributed by atoms with van der Waals surface area (Å²) in [5.74, 6) is -0.860. The van der Waals surface area contributed by atoms with Gasteiger partial charge in [0.05, 0.1) is 5.56 Å². The first-order valence-electron chi connectivity index (χ1n) is 6.12. The molecule has 1 saturated carbocycles. The zero-order valence-corrected chi connectivity index (χ0v) is 10.4. The maximum Gasteiger partial charge on any atom is 0.335 e. The highest BCUT2D eigenvalue weighted by Crippen LogP contribution is 2.32. The molecule has 0 aliphatic heterocycles. The average Bonchev–Trinajstić information content (AvgIpc) is 2.64. The molecule has 17 heavy (non-hydrogen) atoms. The van der Waals surface area contributed by atoms with Crippen LogP contribution in [-0.2, 0) is 0 Å². The van der Waals surface area contributed by atoms with Crippen LogP contribution in [0.2, 0.25) is 0 Å². The standard InChI is InChI=1S/C14H19NO2/c1-10-9-11(5-6-12(10)13(16)17)15-14(2)7-3-4-8-14/h5-6,9,15H,3-4,7-8H2,1-2H3,(H,16,17). The van der Waals surface area contributed by atoms with Crippen molar-refractivity contribution < 1.29 is 9.90 Å². The van der Waals surface area contributed by atoms with E-state index in [-0.39, 0.29) is 5.54 Å². The number of hydrogen-bond acceptors (Lipinski definition) is 2. The lowest BCUT2D eigenvalue weighted by molar-refractivity contribution is 0.0696. The van der Waals surface area contributed by atoms with Crippen molar-refractivity contribution in [2.45, 2.75) is 45.1 Å². The van der Waals surface area contributed by atoms with Gasteiger partial charge in [0.25, 0.3) is 0 Å². The third kappa shape index (κ3) is 2.60. The van der Waals surface area contributed by atoms with Crippen LogP contribution in [0.15, 0.2) is 18.2 Å². The van der Waals surface area contributed by atoms with Crippen molar-refractivity contribution in [3.05, 3.63) is 29.3 Å². The average molecular weight is 233 g/mol. The third-order valence-electron chi connectivity index (χ3n) is 3.61. The zero-order valence-electron chi connectivity index (χ0n) is 10.4. The van der Waals surface area contributed by atoms with Gasteiger partial charge in [0.15, 0.2) is 0 Å². The molecule has 1 fully saturated rings. The van der Waals surface area contributed by atoms with Gasteiger partial charge in [-0.3, -0.25) is 0 Å². The second-order valence-electron chi connectivity index (χ2n) is 5.23. The van der Waals surface area contributed by atoms with Gasteiger partial charge in [0, 0.05) is 11.2 Å². The quantitative estimate of drug-likeness (QED) is 0.840. The van der Waals surface area contributed by atoms with Gasteiger partial charge >= 0.3 is 5.97 Å². The Hall–Kier alpha value is -1.51. The van der Waals surface area contributed by atoms with E-state index in [1.54, 1.807) is 6.07 Å². The summed E-state index contributed by atoms with van der Waals surface area (Å²) in [4.78, 5) is 10.9. The largest absolute Gasteiger partial charge is 0.478 e. The molecule has 0 unspecified atom stereocenters. The van der Waals surface area contributed by atoms with Crippen molar-refractivity contribution in [2.24, 2.45) is 0 Å². The van der Waals surface area contributed by atoms with Gasteiger partial charge in [0.2, 0.25) is 0 Å². The summed E-state index contributed by atoms with van der Waals surface area (Å²) in [5, 5.41) is 12.5. The molecule has 3 nitrogen and oxygen atoms in total. The van der Waals surface area contributed by atoms with Crippen LogP contribution in [0.1, 0.15) is 48.5 Å². The summed E-state index contributed by atoms with van der Waals surface area (Å²) in [6.07, 6.45) is 4.92. The number of aromatic carboxylic acids is 1. The molecule has 0 heterocycles. The minimum absolute atomic E-state index is 0.178. The van der Waals surface area contributed by atoms with E-state index in [0.29, 0.717) is 5.56 Å². The van der Waals surface area contributed by atoms with Crippen LogP contribution < -0.4 is 5.32 Å². The Morgan fingerprint density at radius 2 is 2.00 bits per heavy atom. The van der Waals surface area contributed by atoms with Crippen LogP contribution >= 0.6 is 0 Å². The molecule has 0 spiro atoms. The molecule has 0 bridgehead atoms. The fraction of sp³-hybridized carbons (Fsp3) is 0.500. The molecular formula is C14H19NO2. The highest BCUT2D eigenvalue weighted by Gasteiger charge is 2.28. The Bertz CT molecular complexity index is 434. The normalized spacial score (nSPS) is 18.0. The Morgan fingerprint density at radius 1 is 1.35 bits per heavy atom. The number of hydrogen-bond donors (Lipinski definition) is 2. The first kappa shape index (κ1) is 12.0. The summed E-state index contributed by atoms with van der Waals surface area (Å²) < 4.78 is 0. The maximum absolute atomic E-state index is 10.9. The molecule has 1 aromatic rings. The summed E-state index contributed by atoms with van der Waals surface area (Å²) in [5.41, 5.74) is 2.39. The van der Waals surface area contributed by atoms with E-state index < -0.39 is 5.97 Å². The summed E-state index contributed by atoms with van der Waals surface area (Å²) in [7, 11) is 0. The maximum atomic E-state index is 10.9. The number of rotatable bonds is 3. The lowest BCUT2D eigenvalue weighted by Crippen LogP contribution is -2.30. The van der Waals surface area contributed by atoms with Crippen molar-refractivity contribution in [3.63, 3.8) is 0 Å². The molecule has 0 saturated heterocycles. The number of nitrogens with one attached hydrogen (secondary N) is 1. The Morgan fingerprint density at radius 3 is 2.53 bits per heavy atom. The van der Waals surface area contributed by atoms with Gasteiger partial charge in [-0.05, 0) is 50.5 Å². The Balaban J connectivity index is 2.17. The van der Waals surface area contributed by atoms with Gasteiger partial charge in [-0.1, -0.05) is 12.8 Å². The smallest absolute Gasteiger partial charge is 0.335 e. The van der Waals surface area contributed by atoms with E-state index in [0.717, 1.165) is 11.3 Å². The molecule has 1 aromatic carbocycles. The number of carboxylic acid groups (broad SMARTS) is 1. The molecule has 1 aliphatic rings. The highest BCUT2D eigenvalue weighted by atomic mass is 16.4. The second-order valence-corrected chi connectivity index (χ2v) is 5.23. The fourth-order valence-corrected chi connectivity index (χ4v) is 2.61. The van der Waals surface area contributed by atoms with E-state index in [4.69, 9.17) is 5.11 Å². The van der Waals surface area contributed by atoms with Crippen LogP contribution in [0.4, 0.5) is 5.69 Å². The minimum atomic E-state index is -0.860. The first-order chi connectivity index (χ1) is 8.00. The monoisotopic (exact) mass is 233 g/mol. The third-order valence-corrected chi connectivity index (χ3v) is 3.61. The van der Waals surface area contributed by atoms with Gasteiger partial charge in [-0.25, -0.2) is 4.79 Å². The molecule has 0 aromatic heterocycles. The van der Waals surface area contributed by atoms with Crippen LogP contribution in [-0.4, -0.2) is 16.6 Å². The molecule has 0 atom stereocenters. The van der Waals surface area contributed by atoms with Gasteiger partial charge < -0.3 is 10.4 Å². The van der Waals surface area contributed by atoms with Gasteiger partial charge in [-0.2, -0.15) is 0 Å². The predicted molar refractivity (Wildman–Crippen MR) is 68.6 cm³/mol. The van der Waals surface area contributed by atoms with Crippen molar-refractivity contribution in [3.8, 4) is 0 Å². The van der Waals surface area contributed by atoms with E-state index >= 15 is 0 Å².